The highest BCUT2D eigenvalue weighted by molar-refractivity contribution is 5.68. The predicted octanol–water partition coefficient (Wildman–Crippen LogP) is 1.72. The molecule has 0 fully saturated rings. The summed E-state index contributed by atoms with van der Waals surface area (Å²) in [6, 6.07) is 6.51. The number of aromatic nitrogens is 3. The molecule has 0 saturated heterocycles. The van der Waals surface area contributed by atoms with Gasteiger partial charge in [-0.25, -0.2) is 0 Å². The number of hydrogen-bond donors (Lipinski definition) is 1. The Labute approximate surface area is 110 Å². The van der Waals surface area contributed by atoms with Crippen LogP contribution in [0.3, 0.4) is 0 Å². The van der Waals surface area contributed by atoms with Crippen LogP contribution in [0.4, 0.5) is 5.69 Å². The van der Waals surface area contributed by atoms with Gasteiger partial charge in [0.1, 0.15) is 5.82 Å². The number of benzene rings is 1. The first-order chi connectivity index (χ1) is 9.19. The van der Waals surface area contributed by atoms with Crippen molar-refractivity contribution in [3.05, 3.63) is 40.2 Å². The first kappa shape index (κ1) is 13.2. The number of nitrogens with two attached hydrogens (primary N) is 1. The van der Waals surface area contributed by atoms with Gasteiger partial charge in [-0.1, -0.05) is 19.1 Å². The van der Waals surface area contributed by atoms with Crippen LogP contribution in [0.2, 0.25) is 0 Å². The van der Waals surface area contributed by atoms with Gasteiger partial charge in [0, 0.05) is 12.6 Å². The summed E-state index contributed by atoms with van der Waals surface area (Å²) in [5.74, 6) is 1.13. The lowest BCUT2D eigenvalue weighted by atomic mass is 10.1. The lowest BCUT2D eigenvalue weighted by Gasteiger charge is -2.08. The van der Waals surface area contributed by atoms with Crippen molar-refractivity contribution in [1.82, 2.24) is 14.8 Å². The summed E-state index contributed by atoms with van der Waals surface area (Å²) in [6.07, 6.45) is 0.874. The molecule has 1 aromatic carbocycles. The molecule has 2 N–H and O–H groups in total. The van der Waals surface area contributed by atoms with Crippen molar-refractivity contribution in [2.75, 3.05) is 0 Å². The maximum absolute atomic E-state index is 11.1. The maximum atomic E-state index is 11.1. The smallest absolute Gasteiger partial charge is 0.280 e. The van der Waals surface area contributed by atoms with Crippen LogP contribution < -0.4 is 5.73 Å². The van der Waals surface area contributed by atoms with Gasteiger partial charge in [-0.2, -0.15) is 0 Å². The maximum Gasteiger partial charge on any atom is 0.280 e. The number of hydrogen-bond acceptors (Lipinski definition) is 5. The van der Waals surface area contributed by atoms with Crippen molar-refractivity contribution in [3.8, 4) is 11.4 Å². The molecule has 100 valence electrons. The molecule has 7 heteroatoms. The second-order valence-electron chi connectivity index (χ2n) is 4.07. The zero-order chi connectivity index (χ0) is 13.8. The van der Waals surface area contributed by atoms with Crippen LogP contribution in [0.15, 0.2) is 24.3 Å². The van der Waals surface area contributed by atoms with Crippen molar-refractivity contribution in [1.29, 1.82) is 0 Å². The summed E-state index contributed by atoms with van der Waals surface area (Å²) in [4.78, 5) is 10.6. The molecule has 0 amide bonds. The van der Waals surface area contributed by atoms with E-state index in [0.717, 1.165) is 6.42 Å². The fourth-order valence-corrected chi connectivity index (χ4v) is 1.97. The van der Waals surface area contributed by atoms with E-state index in [1.807, 2.05) is 11.5 Å². The summed E-state index contributed by atoms with van der Waals surface area (Å²) in [5.41, 5.74) is 6.10. The Balaban J connectivity index is 2.59. The van der Waals surface area contributed by atoms with E-state index in [1.165, 1.54) is 6.07 Å². The van der Waals surface area contributed by atoms with Gasteiger partial charge in [-0.05, 0) is 12.5 Å². The molecule has 19 heavy (non-hydrogen) atoms. The van der Waals surface area contributed by atoms with E-state index in [2.05, 4.69) is 10.2 Å². The molecule has 0 aliphatic rings. The minimum atomic E-state index is -0.414. The highest BCUT2D eigenvalue weighted by Crippen LogP contribution is 2.28. The molecular weight excluding hydrogens is 246 g/mol. The van der Waals surface area contributed by atoms with Crippen LogP contribution in [0.25, 0.3) is 11.4 Å². The van der Waals surface area contributed by atoms with E-state index in [4.69, 9.17) is 5.73 Å². The number of nitrogens with zero attached hydrogens (tertiary/aromatic N) is 4. The van der Waals surface area contributed by atoms with Crippen molar-refractivity contribution >= 4 is 5.69 Å². The monoisotopic (exact) mass is 261 g/mol. The fraction of sp³-hybridized carbons (Fsp3) is 0.333. The van der Waals surface area contributed by atoms with Crippen molar-refractivity contribution in [3.63, 3.8) is 0 Å². The molecule has 0 spiro atoms. The van der Waals surface area contributed by atoms with Gasteiger partial charge in [0.05, 0.1) is 17.0 Å². The summed E-state index contributed by atoms with van der Waals surface area (Å²) < 4.78 is 1.84. The van der Waals surface area contributed by atoms with Gasteiger partial charge in [-0.15, -0.1) is 10.2 Å². The van der Waals surface area contributed by atoms with Crippen LogP contribution in [0, 0.1) is 10.1 Å². The number of rotatable bonds is 5. The number of para-hydroxylation sites is 1. The molecule has 0 aliphatic heterocycles. The van der Waals surface area contributed by atoms with E-state index in [9.17, 15) is 10.1 Å². The zero-order valence-electron chi connectivity index (χ0n) is 10.6. The number of nitro benzene ring substituents is 1. The highest BCUT2D eigenvalue weighted by Gasteiger charge is 2.20. The van der Waals surface area contributed by atoms with Crippen LogP contribution in [0.1, 0.15) is 19.2 Å². The lowest BCUT2D eigenvalue weighted by molar-refractivity contribution is -0.384. The standard InChI is InChI=1S/C12H15N5O2/c1-2-7-16-11(8-13)14-15-12(16)9-5-3-4-6-10(9)17(18)19/h3-6H,2,7-8,13H2,1H3. The summed E-state index contributed by atoms with van der Waals surface area (Å²) in [5, 5.41) is 19.1. The van der Waals surface area contributed by atoms with E-state index in [0.29, 0.717) is 23.8 Å². The molecule has 7 nitrogen and oxygen atoms in total. The Morgan fingerprint density at radius 2 is 2.11 bits per heavy atom. The molecule has 2 rings (SSSR count). The molecule has 0 saturated carbocycles. The molecule has 1 aromatic heterocycles. The highest BCUT2D eigenvalue weighted by atomic mass is 16.6. The second kappa shape index (κ2) is 5.57. The first-order valence-corrected chi connectivity index (χ1v) is 6.05. The minimum absolute atomic E-state index is 0.0239. The van der Waals surface area contributed by atoms with Gasteiger partial charge in [0.25, 0.3) is 5.69 Å². The Morgan fingerprint density at radius 1 is 1.37 bits per heavy atom. The molecule has 0 atom stereocenters. The summed E-state index contributed by atoms with van der Waals surface area (Å²) in [6.45, 7) is 2.96. The van der Waals surface area contributed by atoms with Crippen LogP contribution in [-0.2, 0) is 13.1 Å². The zero-order valence-corrected chi connectivity index (χ0v) is 10.6. The largest absolute Gasteiger partial charge is 0.324 e. The summed E-state index contributed by atoms with van der Waals surface area (Å²) in [7, 11) is 0. The van der Waals surface area contributed by atoms with Gasteiger partial charge in [0.2, 0.25) is 0 Å². The predicted molar refractivity (Wildman–Crippen MR) is 70.3 cm³/mol. The third-order valence-corrected chi connectivity index (χ3v) is 2.80. The lowest BCUT2D eigenvalue weighted by Crippen LogP contribution is -2.09. The van der Waals surface area contributed by atoms with Crippen molar-refractivity contribution in [2.45, 2.75) is 26.4 Å². The Hall–Kier alpha value is -2.28. The normalized spacial score (nSPS) is 10.6. The average molecular weight is 261 g/mol. The second-order valence-corrected chi connectivity index (χ2v) is 4.07. The average Bonchev–Trinajstić information content (AvgIpc) is 2.82. The third-order valence-electron chi connectivity index (χ3n) is 2.80. The minimum Gasteiger partial charge on any atom is -0.324 e. The molecule has 0 radical (unpaired) electrons. The Kier molecular flexibility index (Phi) is 3.86. The van der Waals surface area contributed by atoms with Gasteiger partial charge in [-0.3, -0.25) is 10.1 Å². The summed E-state index contributed by atoms with van der Waals surface area (Å²) >= 11 is 0. The van der Waals surface area contributed by atoms with Gasteiger partial charge < -0.3 is 10.3 Å². The van der Waals surface area contributed by atoms with Crippen molar-refractivity contribution < 1.29 is 4.92 Å². The Morgan fingerprint density at radius 3 is 2.74 bits per heavy atom. The molecule has 1 heterocycles. The topological polar surface area (TPSA) is 99.9 Å². The van der Waals surface area contributed by atoms with Gasteiger partial charge >= 0.3 is 0 Å². The fourth-order valence-electron chi connectivity index (χ4n) is 1.97. The molecule has 0 aliphatic carbocycles. The number of nitro groups is 1. The van der Waals surface area contributed by atoms with Crippen LogP contribution in [0.5, 0.6) is 0 Å². The van der Waals surface area contributed by atoms with Crippen LogP contribution >= 0.6 is 0 Å². The SMILES string of the molecule is CCCn1c(CN)nnc1-c1ccccc1[N+](=O)[O-]. The van der Waals surface area contributed by atoms with E-state index < -0.39 is 4.92 Å². The first-order valence-electron chi connectivity index (χ1n) is 6.05. The Bertz CT molecular complexity index is 594. The quantitative estimate of drug-likeness (QED) is 0.652. The van der Waals surface area contributed by atoms with Crippen molar-refractivity contribution in [2.24, 2.45) is 5.73 Å². The molecule has 0 bridgehead atoms. The van der Waals surface area contributed by atoms with E-state index >= 15 is 0 Å². The van der Waals surface area contributed by atoms with Gasteiger partial charge in [0.15, 0.2) is 5.82 Å². The van der Waals surface area contributed by atoms with Crippen LogP contribution in [-0.4, -0.2) is 19.7 Å². The third kappa shape index (κ3) is 2.45. The van der Waals surface area contributed by atoms with E-state index in [1.54, 1.807) is 18.2 Å². The molecular formula is C12H15N5O2. The molecule has 2 aromatic rings. The molecule has 0 unspecified atom stereocenters. The van der Waals surface area contributed by atoms with E-state index in [-0.39, 0.29) is 12.2 Å².